The fourth-order valence-electron chi connectivity index (χ4n) is 2.13. The average molecular weight is 326 g/mol. The van der Waals surface area contributed by atoms with E-state index in [-0.39, 0.29) is 5.91 Å². The van der Waals surface area contributed by atoms with Crippen molar-refractivity contribution in [1.82, 2.24) is 5.32 Å². The van der Waals surface area contributed by atoms with E-state index in [0.717, 1.165) is 31.6 Å². The van der Waals surface area contributed by atoms with Gasteiger partial charge < -0.3 is 10.1 Å². The lowest BCUT2D eigenvalue weighted by Gasteiger charge is -2.08. The Kier molecular flexibility index (Phi) is 10.6. The Morgan fingerprint density at radius 2 is 1.91 bits per heavy atom. The van der Waals surface area contributed by atoms with E-state index in [1.165, 1.54) is 24.8 Å². The zero-order valence-corrected chi connectivity index (χ0v) is 14.3. The van der Waals surface area contributed by atoms with Crippen LogP contribution in [0.3, 0.4) is 0 Å². The van der Waals surface area contributed by atoms with Crippen LogP contribution in [0.15, 0.2) is 24.3 Å². The first-order chi connectivity index (χ1) is 10.8. The van der Waals surface area contributed by atoms with E-state index < -0.39 is 0 Å². The Morgan fingerprint density at radius 3 is 2.59 bits per heavy atom. The predicted molar refractivity (Wildman–Crippen MR) is 92.7 cm³/mol. The van der Waals surface area contributed by atoms with Crippen LogP contribution in [0.5, 0.6) is 5.75 Å². The summed E-state index contributed by atoms with van der Waals surface area (Å²) < 4.78 is 5.71. The highest BCUT2D eigenvalue weighted by Gasteiger charge is 2.01. The summed E-state index contributed by atoms with van der Waals surface area (Å²) in [6.45, 7) is 3.66. The van der Waals surface area contributed by atoms with Crippen LogP contribution < -0.4 is 10.1 Å². The van der Waals surface area contributed by atoms with Gasteiger partial charge in [-0.3, -0.25) is 4.79 Å². The van der Waals surface area contributed by atoms with Crippen LogP contribution in [0.4, 0.5) is 0 Å². The van der Waals surface area contributed by atoms with Crippen molar-refractivity contribution in [3.05, 3.63) is 29.8 Å². The van der Waals surface area contributed by atoms with Crippen LogP contribution >= 0.6 is 11.6 Å². The second-order valence-corrected chi connectivity index (χ2v) is 5.82. The third kappa shape index (κ3) is 8.93. The van der Waals surface area contributed by atoms with E-state index in [1.54, 1.807) is 0 Å². The van der Waals surface area contributed by atoms with Crippen LogP contribution in [0.1, 0.15) is 51.0 Å². The maximum Gasteiger partial charge on any atom is 0.220 e. The molecule has 0 saturated carbocycles. The lowest BCUT2D eigenvalue weighted by molar-refractivity contribution is -0.121. The number of benzene rings is 1. The van der Waals surface area contributed by atoms with E-state index in [1.807, 2.05) is 12.1 Å². The summed E-state index contributed by atoms with van der Waals surface area (Å²) in [7, 11) is 0. The first-order valence-corrected chi connectivity index (χ1v) is 8.84. The SMILES string of the molecule is CCCCCCOc1ccc(CCNC(=O)CCCCl)cc1. The Bertz CT molecular complexity index is 406. The molecule has 0 fully saturated rings. The third-order valence-corrected chi connectivity index (χ3v) is 3.73. The zero-order valence-electron chi connectivity index (χ0n) is 13.6. The first-order valence-electron chi connectivity index (χ1n) is 8.30. The molecule has 22 heavy (non-hydrogen) atoms. The fourth-order valence-corrected chi connectivity index (χ4v) is 2.27. The van der Waals surface area contributed by atoms with Crippen molar-refractivity contribution in [3.8, 4) is 5.75 Å². The van der Waals surface area contributed by atoms with E-state index in [4.69, 9.17) is 16.3 Å². The predicted octanol–water partition coefficient (Wildman–Crippen LogP) is 4.32. The van der Waals surface area contributed by atoms with Crippen molar-refractivity contribution in [2.75, 3.05) is 19.0 Å². The molecule has 0 aliphatic heterocycles. The molecule has 0 spiro atoms. The van der Waals surface area contributed by atoms with E-state index >= 15 is 0 Å². The number of nitrogens with one attached hydrogen (secondary N) is 1. The molecule has 1 rings (SSSR count). The van der Waals surface area contributed by atoms with Crippen molar-refractivity contribution in [2.24, 2.45) is 0 Å². The van der Waals surface area contributed by atoms with Gasteiger partial charge in [0.2, 0.25) is 5.91 Å². The molecule has 0 unspecified atom stereocenters. The highest BCUT2D eigenvalue weighted by Crippen LogP contribution is 2.13. The molecule has 0 saturated heterocycles. The molecule has 1 N–H and O–H groups in total. The molecule has 0 heterocycles. The Balaban J connectivity index is 2.17. The minimum atomic E-state index is 0.0766. The van der Waals surface area contributed by atoms with Crippen LogP contribution in [0, 0.1) is 0 Å². The van der Waals surface area contributed by atoms with Crippen molar-refractivity contribution in [1.29, 1.82) is 0 Å². The number of ether oxygens (including phenoxy) is 1. The lowest BCUT2D eigenvalue weighted by atomic mass is 10.1. The Labute approximate surface area is 139 Å². The Hall–Kier alpha value is -1.22. The smallest absolute Gasteiger partial charge is 0.220 e. The molecule has 3 nitrogen and oxygen atoms in total. The monoisotopic (exact) mass is 325 g/mol. The van der Waals surface area contributed by atoms with Gasteiger partial charge >= 0.3 is 0 Å². The molecule has 0 aliphatic carbocycles. The molecule has 0 bridgehead atoms. The van der Waals surface area contributed by atoms with Gasteiger partial charge in [0.15, 0.2) is 0 Å². The number of carbonyl (C=O) groups is 1. The summed E-state index contributed by atoms with van der Waals surface area (Å²) in [5.41, 5.74) is 1.20. The van der Waals surface area contributed by atoms with Gasteiger partial charge in [-0.1, -0.05) is 38.3 Å². The number of alkyl halides is 1. The fraction of sp³-hybridized carbons (Fsp3) is 0.611. The molecule has 0 atom stereocenters. The number of hydrogen-bond acceptors (Lipinski definition) is 2. The molecule has 4 heteroatoms. The molecule has 0 aromatic heterocycles. The van der Waals surface area contributed by atoms with Crippen LogP contribution in [0.25, 0.3) is 0 Å². The number of unbranched alkanes of at least 4 members (excludes halogenated alkanes) is 3. The summed E-state index contributed by atoms with van der Waals surface area (Å²) in [6.07, 6.45) is 6.95. The van der Waals surface area contributed by atoms with Gasteiger partial charge in [-0.25, -0.2) is 0 Å². The maximum absolute atomic E-state index is 11.4. The maximum atomic E-state index is 11.4. The van der Waals surface area contributed by atoms with Crippen molar-refractivity contribution >= 4 is 17.5 Å². The summed E-state index contributed by atoms with van der Waals surface area (Å²) >= 11 is 5.56. The normalized spacial score (nSPS) is 10.5. The molecule has 1 aromatic rings. The molecule has 1 aromatic carbocycles. The number of halogens is 1. The van der Waals surface area contributed by atoms with Gasteiger partial charge in [0.05, 0.1) is 6.61 Å². The first kappa shape index (κ1) is 18.8. The number of rotatable bonds is 12. The lowest BCUT2D eigenvalue weighted by Crippen LogP contribution is -2.25. The quantitative estimate of drug-likeness (QED) is 0.459. The second kappa shape index (κ2) is 12.3. The van der Waals surface area contributed by atoms with Crippen molar-refractivity contribution < 1.29 is 9.53 Å². The molecule has 1 amide bonds. The van der Waals surface area contributed by atoms with E-state index in [2.05, 4.69) is 24.4 Å². The van der Waals surface area contributed by atoms with Gasteiger partial charge in [0.1, 0.15) is 5.75 Å². The van der Waals surface area contributed by atoms with E-state index in [0.29, 0.717) is 18.8 Å². The summed E-state index contributed by atoms with van der Waals surface area (Å²) in [4.78, 5) is 11.4. The summed E-state index contributed by atoms with van der Waals surface area (Å²) in [5, 5.41) is 2.91. The minimum Gasteiger partial charge on any atom is -0.494 e. The highest BCUT2D eigenvalue weighted by molar-refractivity contribution is 6.17. The van der Waals surface area contributed by atoms with Crippen LogP contribution in [-0.2, 0) is 11.2 Å². The van der Waals surface area contributed by atoms with Crippen molar-refractivity contribution in [3.63, 3.8) is 0 Å². The third-order valence-electron chi connectivity index (χ3n) is 3.46. The largest absolute Gasteiger partial charge is 0.494 e. The molecule has 0 aliphatic rings. The average Bonchev–Trinajstić information content (AvgIpc) is 2.54. The standard InChI is InChI=1S/C18H28ClNO2/c1-2-3-4-5-15-22-17-10-8-16(9-11-17)12-14-20-18(21)7-6-13-19/h8-11H,2-7,12-15H2,1H3,(H,20,21). The number of amides is 1. The molecule has 0 radical (unpaired) electrons. The molecular formula is C18H28ClNO2. The highest BCUT2D eigenvalue weighted by atomic mass is 35.5. The topological polar surface area (TPSA) is 38.3 Å². The van der Waals surface area contributed by atoms with E-state index in [9.17, 15) is 4.79 Å². The van der Waals surface area contributed by atoms with Crippen LogP contribution in [-0.4, -0.2) is 24.9 Å². The van der Waals surface area contributed by atoms with Gasteiger partial charge in [0.25, 0.3) is 0 Å². The zero-order chi connectivity index (χ0) is 16.0. The summed E-state index contributed by atoms with van der Waals surface area (Å²) in [5.74, 6) is 1.53. The van der Waals surface area contributed by atoms with Crippen LogP contribution in [0.2, 0.25) is 0 Å². The molecule has 124 valence electrons. The van der Waals surface area contributed by atoms with Gasteiger partial charge in [-0.2, -0.15) is 0 Å². The van der Waals surface area contributed by atoms with Gasteiger partial charge in [0, 0.05) is 18.8 Å². The minimum absolute atomic E-state index is 0.0766. The second-order valence-electron chi connectivity index (χ2n) is 5.45. The van der Waals surface area contributed by atoms with Gasteiger partial charge in [-0.05, 0) is 37.0 Å². The Morgan fingerprint density at radius 1 is 1.14 bits per heavy atom. The number of carbonyl (C=O) groups excluding carboxylic acids is 1. The molecular weight excluding hydrogens is 298 g/mol. The van der Waals surface area contributed by atoms with Crippen molar-refractivity contribution in [2.45, 2.75) is 51.9 Å². The summed E-state index contributed by atoms with van der Waals surface area (Å²) in [6, 6.07) is 8.13. The van der Waals surface area contributed by atoms with Gasteiger partial charge in [-0.15, -0.1) is 11.6 Å². The number of hydrogen-bond donors (Lipinski definition) is 1.